The molecule has 2 amide bonds. The van der Waals surface area contributed by atoms with Crippen molar-refractivity contribution in [2.45, 2.75) is 75.6 Å². The van der Waals surface area contributed by atoms with Crippen molar-refractivity contribution >= 4 is 35.2 Å². The molecule has 256 valence electrons. The molecule has 1 fully saturated rings. The third-order valence-electron chi connectivity index (χ3n) is 8.18. The molecule has 0 radical (unpaired) electrons. The molecule has 10 heteroatoms. The SMILES string of the molecule is CC(=O)Nc1ccc(SCC2CC(c3ccc(CO)cc3)OC(c3cccc(-c4cccc(CNC(=O)CCCCC(=O)O)c4)c3)O2)cc1. The van der Waals surface area contributed by atoms with Gasteiger partial charge in [0.15, 0.2) is 6.29 Å². The Hall–Kier alpha value is -4.48. The van der Waals surface area contributed by atoms with E-state index in [0.29, 0.717) is 38.0 Å². The number of nitrogens with one attached hydrogen (secondary N) is 2. The molecule has 4 aromatic carbocycles. The quantitative estimate of drug-likeness (QED) is 0.0753. The van der Waals surface area contributed by atoms with Crippen molar-refractivity contribution in [3.8, 4) is 11.1 Å². The minimum absolute atomic E-state index is 0.0213. The molecular weight excluding hydrogens is 641 g/mol. The van der Waals surface area contributed by atoms with Crippen LogP contribution in [0.4, 0.5) is 5.69 Å². The van der Waals surface area contributed by atoms with E-state index in [1.54, 1.807) is 11.8 Å². The first kappa shape index (κ1) is 35.8. The van der Waals surface area contributed by atoms with Crippen LogP contribution < -0.4 is 10.6 Å². The minimum atomic E-state index is -0.849. The summed E-state index contributed by atoms with van der Waals surface area (Å²) in [5.74, 6) is -0.348. The summed E-state index contributed by atoms with van der Waals surface area (Å²) in [6, 6.07) is 31.7. The number of carbonyl (C=O) groups is 3. The number of hydrogen-bond acceptors (Lipinski definition) is 7. The maximum absolute atomic E-state index is 12.3. The van der Waals surface area contributed by atoms with Crippen molar-refractivity contribution in [1.29, 1.82) is 0 Å². The lowest BCUT2D eigenvalue weighted by atomic mass is 9.99. The van der Waals surface area contributed by atoms with Gasteiger partial charge in [-0.25, -0.2) is 0 Å². The monoisotopic (exact) mass is 682 g/mol. The second-order valence-corrected chi connectivity index (χ2v) is 13.2. The number of aliphatic hydroxyl groups is 1. The van der Waals surface area contributed by atoms with Crippen LogP contribution in [0.3, 0.4) is 0 Å². The molecular formula is C39H42N2O7S. The van der Waals surface area contributed by atoms with Crippen molar-refractivity contribution in [1.82, 2.24) is 5.32 Å². The highest BCUT2D eigenvalue weighted by atomic mass is 32.2. The fourth-order valence-corrected chi connectivity index (χ4v) is 6.55. The van der Waals surface area contributed by atoms with Crippen molar-refractivity contribution in [2.24, 2.45) is 0 Å². The number of unbranched alkanes of at least 4 members (excludes halogenated alkanes) is 1. The second-order valence-electron chi connectivity index (χ2n) is 12.1. The van der Waals surface area contributed by atoms with Gasteiger partial charge in [0, 0.05) is 54.6 Å². The molecule has 5 rings (SSSR count). The number of aliphatic hydroxyl groups excluding tert-OH is 1. The molecule has 1 heterocycles. The first-order chi connectivity index (χ1) is 23.7. The van der Waals surface area contributed by atoms with Gasteiger partial charge in [0.1, 0.15) is 0 Å². The molecule has 4 aromatic rings. The molecule has 3 atom stereocenters. The number of benzene rings is 4. The summed E-state index contributed by atoms with van der Waals surface area (Å²) in [4.78, 5) is 35.4. The number of ether oxygens (including phenoxy) is 2. The Morgan fingerprint density at radius 3 is 2.24 bits per heavy atom. The van der Waals surface area contributed by atoms with Crippen LogP contribution in [0.2, 0.25) is 0 Å². The van der Waals surface area contributed by atoms with E-state index in [4.69, 9.17) is 14.6 Å². The number of aliphatic carboxylic acids is 1. The smallest absolute Gasteiger partial charge is 0.303 e. The fraction of sp³-hybridized carbons (Fsp3) is 0.308. The minimum Gasteiger partial charge on any atom is -0.481 e. The summed E-state index contributed by atoms with van der Waals surface area (Å²) < 4.78 is 13.2. The van der Waals surface area contributed by atoms with E-state index in [2.05, 4.69) is 22.8 Å². The van der Waals surface area contributed by atoms with E-state index in [1.165, 1.54) is 6.92 Å². The van der Waals surface area contributed by atoms with Crippen LogP contribution in [0.25, 0.3) is 11.1 Å². The molecule has 1 saturated heterocycles. The van der Waals surface area contributed by atoms with Gasteiger partial charge in [-0.3, -0.25) is 14.4 Å². The number of hydrogen-bond donors (Lipinski definition) is 4. The zero-order valence-corrected chi connectivity index (χ0v) is 28.3. The molecule has 49 heavy (non-hydrogen) atoms. The molecule has 0 aromatic heterocycles. The van der Waals surface area contributed by atoms with Gasteiger partial charge in [-0.05, 0) is 77.1 Å². The largest absolute Gasteiger partial charge is 0.481 e. The average molecular weight is 683 g/mol. The van der Waals surface area contributed by atoms with Gasteiger partial charge in [0.05, 0.1) is 18.8 Å². The average Bonchev–Trinajstić information content (AvgIpc) is 3.12. The molecule has 0 saturated carbocycles. The molecule has 1 aliphatic rings. The summed E-state index contributed by atoms with van der Waals surface area (Å²) in [5, 5.41) is 24.1. The summed E-state index contributed by atoms with van der Waals surface area (Å²) in [6.07, 6.45) is 1.13. The molecule has 4 N–H and O–H groups in total. The Bertz CT molecular complexity index is 1710. The summed E-state index contributed by atoms with van der Waals surface area (Å²) in [5.41, 5.74) is 6.46. The van der Waals surface area contributed by atoms with E-state index in [0.717, 1.165) is 44.0 Å². The molecule has 0 bridgehead atoms. The van der Waals surface area contributed by atoms with Crippen molar-refractivity contribution in [3.63, 3.8) is 0 Å². The van der Waals surface area contributed by atoms with E-state index in [1.807, 2.05) is 84.9 Å². The van der Waals surface area contributed by atoms with Crippen molar-refractivity contribution in [2.75, 3.05) is 11.1 Å². The maximum atomic E-state index is 12.3. The van der Waals surface area contributed by atoms with Gasteiger partial charge in [-0.1, -0.05) is 60.7 Å². The Kier molecular flexibility index (Phi) is 13.0. The Morgan fingerprint density at radius 1 is 0.816 bits per heavy atom. The molecule has 9 nitrogen and oxygen atoms in total. The van der Waals surface area contributed by atoms with Crippen LogP contribution in [-0.4, -0.2) is 39.9 Å². The Labute approximate surface area is 291 Å². The van der Waals surface area contributed by atoms with E-state index >= 15 is 0 Å². The molecule has 0 aliphatic carbocycles. The zero-order chi connectivity index (χ0) is 34.6. The van der Waals surface area contributed by atoms with Gasteiger partial charge in [-0.15, -0.1) is 11.8 Å². The Balaban J connectivity index is 1.28. The van der Waals surface area contributed by atoms with Gasteiger partial charge >= 0.3 is 5.97 Å². The number of thioether (sulfide) groups is 1. The first-order valence-electron chi connectivity index (χ1n) is 16.4. The van der Waals surface area contributed by atoms with E-state index < -0.39 is 12.3 Å². The van der Waals surface area contributed by atoms with Crippen LogP contribution in [0, 0.1) is 0 Å². The summed E-state index contributed by atoms with van der Waals surface area (Å²) in [7, 11) is 0. The summed E-state index contributed by atoms with van der Waals surface area (Å²) >= 11 is 1.69. The third-order valence-corrected chi connectivity index (χ3v) is 9.32. The molecule has 1 aliphatic heterocycles. The number of rotatable bonds is 15. The lowest BCUT2D eigenvalue weighted by Gasteiger charge is -2.36. The number of carbonyl (C=O) groups excluding carboxylic acids is 2. The number of amides is 2. The van der Waals surface area contributed by atoms with Crippen LogP contribution in [0.5, 0.6) is 0 Å². The maximum Gasteiger partial charge on any atom is 0.303 e. The van der Waals surface area contributed by atoms with Crippen LogP contribution in [-0.2, 0) is 37.0 Å². The molecule has 0 spiro atoms. The fourth-order valence-electron chi connectivity index (χ4n) is 5.63. The van der Waals surface area contributed by atoms with Gasteiger partial charge in [0.25, 0.3) is 0 Å². The van der Waals surface area contributed by atoms with E-state index in [9.17, 15) is 19.5 Å². The van der Waals surface area contributed by atoms with Gasteiger partial charge in [0.2, 0.25) is 11.8 Å². The van der Waals surface area contributed by atoms with Crippen molar-refractivity contribution in [3.05, 3.63) is 119 Å². The van der Waals surface area contributed by atoms with Crippen LogP contribution in [0.15, 0.2) is 102 Å². The predicted octanol–water partition coefficient (Wildman–Crippen LogP) is 7.40. The topological polar surface area (TPSA) is 134 Å². The lowest BCUT2D eigenvalue weighted by Crippen LogP contribution is -2.31. The highest BCUT2D eigenvalue weighted by Gasteiger charge is 2.32. The number of carboxylic acid groups (broad SMARTS) is 1. The first-order valence-corrected chi connectivity index (χ1v) is 17.4. The second kappa shape index (κ2) is 17.8. The highest BCUT2D eigenvalue weighted by molar-refractivity contribution is 7.99. The number of carboxylic acids is 1. The zero-order valence-electron chi connectivity index (χ0n) is 27.5. The third kappa shape index (κ3) is 11.0. The van der Waals surface area contributed by atoms with Gasteiger partial charge < -0.3 is 30.3 Å². The highest BCUT2D eigenvalue weighted by Crippen LogP contribution is 2.40. The van der Waals surface area contributed by atoms with Gasteiger partial charge in [-0.2, -0.15) is 0 Å². The van der Waals surface area contributed by atoms with Crippen molar-refractivity contribution < 1.29 is 34.1 Å². The Morgan fingerprint density at radius 2 is 1.53 bits per heavy atom. The summed E-state index contributed by atoms with van der Waals surface area (Å²) in [6.45, 7) is 1.85. The standard InChI is InChI=1S/C39H42N2O7S/c1-26(43)41-33-16-18-35(19-17-33)49-25-34-22-36(29-14-12-27(24-42)13-15-29)48-39(47-34)32-9-5-8-31(21-32)30-7-4-6-28(20-30)23-40-37(44)10-2-3-11-38(45)46/h4-9,12-21,34,36,39,42H,2-3,10-11,22-25H2,1H3,(H,40,44)(H,41,43)(H,45,46). The lowest BCUT2D eigenvalue weighted by molar-refractivity contribution is -0.245. The van der Waals surface area contributed by atoms with Crippen LogP contribution >= 0.6 is 11.8 Å². The normalized spacial score (nSPS) is 17.3. The van der Waals surface area contributed by atoms with Crippen LogP contribution in [0.1, 0.15) is 73.7 Å². The van der Waals surface area contributed by atoms with E-state index in [-0.39, 0.29) is 37.0 Å². The number of anilines is 1. The molecule has 3 unspecified atom stereocenters. The predicted molar refractivity (Wildman–Crippen MR) is 190 cm³/mol.